The van der Waals surface area contributed by atoms with Gasteiger partial charge in [-0.2, -0.15) is 5.10 Å². The summed E-state index contributed by atoms with van der Waals surface area (Å²) in [4.78, 5) is 12.1. The molecule has 1 heterocycles. The number of Topliss-reactive ketones (excluding diaryl/α,β-unsaturated/α-hetero) is 1. The van der Waals surface area contributed by atoms with Gasteiger partial charge in [-0.1, -0.05) is 31.9 Å². The third kappa shape index (κ3) is 3.87. The zero-order valence-corrected chi connectivity index (χ0v) is 13.8. The molecule has 2 rings (SSSR count). The lowest BCUT2D eigenvalue weighted by molar-refractivity contribution is -0.0108. The summed E-state index contributed by atoms with van der Waals surface area (Å²) in [5, 5.41) is 4.34. The van der Waals surface area contributed by atoms with Crippen LogP contribution in [-0.4, -0.2) is 32.5 Å². The van der Waals surface area contributed by atoms with Crippen LogP contribution in [-0.2, 0) is 22.8 Å². The first kappa shape index (κ1) is 15.2. The number of carbonyl (C=O) groups excluding carboxylic acids is 1. The third-order valence-corrected chi connectivity index (χ3v) is 3.90. The van der Waals surface area contributed by atoms with E-state index < -0.39 is 3.74 Å². The van der Waals surface area contributed by atoms with Gasteiger partial charge in [0.05, 0.1) is 24.0 Å². The number of rotatable bonds is 7. The van der Waals surface area contributed by atoms with Crippen LogP contribution in [0.25, 0.3) is 0 Å². The van der Waals surface area contributed by atoms with Crippen molar-refractivity contribution in [2.75, 3.05) is 7.11 Å². The topological polar surface area (TPSA) is 53.4 Å². The van der Waals surface area contributed by atoms with Gasteiger partial charge in [0.2, 0.25) is 0 Å². The van der Waals surface area contributed by atoms with E-state index in [1.807, 2.05) is 0 Å². The Hall–Kier alpha value is -0.240. The minimum Gasteiger partial charge on any atom is -0.372 e. The molecule has 1 aliphatic rings. The molecule has 1 aromatic rings. The molecule has 19 heavy (non-hydrogen) atoms. The van der Waals surface area contributed by atoms with Gasteiger partial charge in [0.1, 0.15) is 10.5 Å². The van der Waals surface area contributed by atoms with Crippen molar-refractivity contribution in [1.82, 2.24) is 9.78 Å². The minimum absolute atomic E-state index is 0.0606. The average molecular weight is 396 g/mol. The largest absolute Gasteiger partial charge is 0.372 e. The molecule has 1 fully saturated rings. The Balaban J connectivity index is 2.10. The van der Waals surface area contributed by atoms with Crippen molar-refractivity contribution in [3.05, 3.63) is 17.5 Å². The van der Waals surface area contributed by atoms with Gasteiger partial charge in [-0.3, -0.25) is 4.79 Å². The van der Waals surface area contributed by atoms with Gasteiger partial charge in [0, 0.05) is 13.3 Å². The molecule has 0 bridgehead atoms. The number of alkyl halides is 2. The Labute approximate surface area is 128 Å². The lowest BCUT2D eigenvalue weighted by Gasteiger charge is -2.25. The highest BCUT2D eigenvalue weighted by atomic mass is 79.9. The first-order valence-electron chi connectivity index (χ1n) is 6.11. The fourth-order valence-electron chi connectivity index (χ4n) is 1.82. The van der Waals surface area contributed by atoms with Crippen LogP contribution in [0.5, 0.6) is 0 Å². The maximum Gasteiger partial charge on any atom is 0.190 e. The predicted molar refractivity (Wildman–Crippen MR) is 77.6 cm³/mol. The molecule has 0 saturated heterocycles. The van der Waals surface area contributed by atoms with E-state index in [1.54, 1.807) is 18.0 Å². The van der Waals surface area contributed by atoms with Crippen LogP contribution in [0, 0.1) is 0 Å². The zero-order chi connectivity index (χ0) is 13.8. The first-order chi connectivity index (χ1) is 9.11. The summed E-state index contributed by atoms with van der Waals surface area (Å²) in [6, 6.07) is 0. The Morgan fingerprint density at radius 2 is 2.32 bits per heavy atom. The Kier molecular flexibility index (Phi) is 5.56. The summed E-state index contributed by atoms with van der Waals surface area (Å²) >= 11 is 6.44. The second-order valence-electron chi connectivity index (χ2n) is 4.48. The van der Waals surface area contributed by atoms with Crippen molar-refractivity contribution in [3.8, 4) is 0 Å². The van der Waals surface area contributed by atoms with E-state index in [0.29, 0.717) is 30.7 Å². The molecule has 0 radical (unpaired) electrons. The van der Waals surface area contributed by atoms with E-state index in [2.05, 4.69) is 37.0 Å². The molecular weight excluding hydrogens is 380 g/mol. The second-order valence-corrected chi connectivity index (χ2v) is 7.54. The quantitative estimate of drug-likeness (QED) is 0.526. The number of carbonyl (C=O) groups is 1. The molecular formula is C12H16Br2N2O3. The van der Waals surface area contributed by atoms with Crippen LogP contribution in [0.2, 0.25) is 0 Å². The average Bonchev–Trinajstić information content (AvgIpc) is 2.69. The van der Waals surface area contributed by atoms with Gasteiger partial charge < -0.3 is 9.47 Å². The summed E-state index contributed by atoms with van der Waals surface area (Å²) in [5.74, 6) is -0.0606. The third-order valence-electron chi connectivity index (χ3n) is 3.07. The summed E-state index contributed by atoms with van der Waals surface area (Å²) in [6.07, 6.45) is 5.43. The number of hydrogen-bond acceptors (Lipinski definition) is 4. The van der Waals surface area contributed by atoms with Crippen LogP contribution in [0.3, 0.4) is 0 Å². The van der Waals surface area contributed by atoms with Gasteiger partial charge in [-0.05, 0) is 19.3 Å². The van der Waals surface area contributed by atoms with Crippen molar-refractivity contribution in [2.45, 2.75) is 42.4 Å². The van der Waals surface area contributed by atoms with Gasteiger partial charge in [-0.25, -0.2) is 4.68 Å². The number of aromatic nitrogens is 2. The Morgan fingerprint density at radius 3 is 2.84 bits per heavy atom. The maximum atomic E-state index is 12.1. The molecule has 1 aliphatic carbocycles. The normalized spacial score (nSPS) is 15.8. The van der Waals surface area contributed by atoms with Crippen molar-refractivity contribution in [1.29, 1.82) is 0 Å². The SMILES string of the molecule is COCn1cc(C(=O)C(Br)Br)c(COC2CCC2)n1. The van der Waals surface area contributed by atoms with Gasteiger partial charge >= 0.3 is 0 Å². The first-order valence-corrected chi connectivity index (χ1v) is 7.94. The van der Waals surface area contributed by atoms with E-state index in [-0.39, 0.29) is 5.78 Å². The van der Waals surface area contributed by atoms with Crippen LogP contribution < -0.4 is 0 Å². The van der Waals surface area contributed by atoms with E-state index in [9.17, 15) is 4.79 Å². The van der Waals surface area contributed by atoms with Crippen LogP contribution >= 0.6 is 31.9 Å². The summed E-state index contributed by atoms with van der Waals surface area (Å²) in [5.41, 5.74) is 1.23. The predicted octanol–water partition coefficient (Wildman–Crippen LogP) is 2.85. The molecule has 0 N–H and O–H groups in total. The molecule has 1 aromatic heterocycles. The molecule has 0 spiro atoms. The van der Waals surface area contributed by atoms with Crippen molar-refractivity contribution in [2.24, 2.45) is 0 Å². The van der Waals surface area contributed by atoms with E-state index in [0.717, 1.165) is 12.8 Å². The highest BCUT2D eigenvalue weighted by Gasteiger charge is 2.23. The minimum atomic E-state index is -0.414. The second kappa shape index (κ2) is 6.97. The number of ketones is 1. The molecule has 106 valence electrons. The molecule has 0 amide bonds. The molecule has 0 aliphatic heterocycles. The van der Waals surface area contributed by atoms with Crippen LogP contribution in [0.4, 0.5) is 0 Å². The zero-order valence-electron chi connectivity index (χ0n) is 10.6. The number of nitrogens with zero attached hydrogens (tertiary/aromatic N) is 2. The van der Waals surface area contributed by atoms with Crippen molar-refractivity contribution >= 4 is 37.6 Å². The molecule has 1 saturated carbocycles. The van der Waals surface area contributed by atoms with E-state index in [1.165, 1.54) is 6.42 Å². The summed E-state index contributed by atoms with van der Waals surface area (Å²) in [7, 11) is 1.59. The summed E-state index contributed by atoms with van der Waals surface area (Å²) in [6.45, 7) is 0.689. The smallest absolute Gasteiger partial charge is 0.190 e. The highest BCUT2D eigenvalue weighted by Crippen LogP contribution is 2.24. The molecule has 5 nitrogen and oxygen atoms in total. The number of halogens is 2. The Bertz CT molecular complexity index is 444. The van der Waals surface area contributed by atoms with E-state index >= 15 is 0 Å². The highest BCUT2D eigenvalue weighted by molar-refractivity contribution is 9.25. The van der Waals surface area contributed by atoms with Crippen LogP contribution in [0.15, 0.2) is 6.20 Å². The van der Waals surface area contributed by atoms with Gasteiger partial charge in [0.25, 0.3) is 0 Å². The number of ether oxygens (including phenoxy) is 2. The number of methoxy groups -OCH3 is 1. The standard InChI is InChI=1S/C12H16Br2N2O3/c1-18-7-16-5-9(11(17)12(13)14)10(15-16)6-19-8-3-2-4-8/h5,8,12H,2-4,6-7H2,1H3. The monoisotopic (exact) mass is 394 g/mol. The lowest BCUT2D eigenvalue weighted by Crippen LogP contribution is -2.22. The summed E-state index contributed by atoms with van der Waals surface area (Å²) < 4.78 is 11.9. The van der Waals surface area contributed by atoms with Crippen molar-refractivity contribution in [3.63, 3.8) is 0 Å². The Morgan fingerprint density at radius 1 is 1.58 bits per heavy atom. The maximum absolute atomic E-state index is 12.1. The fraction of sp³-hybridized carbons (Fsp3) is 0.667. The van der Waals surface area contributed by atoms with Crippen LogP contribution in [0.1, 0.15) is 35.3 Å². The lowest BCUT2D eigenvalue weighted by atomic mass is 9.96. The number of hydrogen-bond donors (Lipinski definition) is 0. The van der Waals surface area contributed by atoms with Crippen molar-refractivity contribution < 1.29 is 14.3 Å². The van der Waals surface area contributed by atoms with E-state index in [4.69, 9.17) is 9.47 Å². The molecule has 0 atom stereocenters. The molecule has 0 unspecified atom stereocenters. The molecule has 0 aromatic carbocycles. The molecule has 7 heteroatoms. The fourth-order valence-corrected chi connectivity index (χ4v) is 2.32. The van der Waals surface area contributed by atoms with Gasteiger partial charge in [0.15, 0.2) is 5.78 Å². The van der Waals surface area contributed by atoms with Gasteiger partial charge in [-0.15, -0.1) is 0 Å².